The Morgan fingerprint density at radius 3 is 2.49 bits per heavy atom. The first kappa shape index (κ1) is 22.3. The van der Waals surface area contributed by atoms with Crippen LogP contribution in [0.25, 0.3) is 5.57 Å². The van der Waals surface area contributed by atoms with E-state index in [1.807, 2.05) is 42.5 Å². The SMILES string of the molecule is CC(=O)c1ccc(C(=O)Nc2ccc(Cc3ccc4c(c3)/C(=C/Nc3cc[nH]n3)C(=O)N4)cc2)s1. The number of anilines is 3. The van der Waals surface area contributed by atoms with E-state index in [9.17, 15) is 14.4 Å². The summed E-state index contributed by atoms with van der Waals surface area (Å²) in [5, 5.41) is 15.5. The number of nitrogens with zero attached hydrogens (tertiary/aromatic N) is 1. The number of fused-ring (bicyclic) bond motifs is 1. The molecule has 0 fully saturated rings. The lowest BCUT2D eigenvalue weighted by molar-refractivity contribution is -0.110. The molecule has 4 aromatic rings. The third kappa shape index (κ3) is 4.90. The van der Waals surface area contributed by atoms with Gasteiger partial charge in [0.05, 0.1) is 15.3 Å². The van der Waals surface area contributed by atoms with Gasteiger partial charge in [-0.05, 0) is 60.9 Å². The fraction of sp³-hybridized carbons (Fsp3) is 0.0769. The molecular formula is C26H21N5O3S. The molecule has 0 atom stereocenters. The molecule has 0 bridgehead atoms. The summed E-state index contributed by atoms with van der Waals surface area (Å²) in [6, 6.07) is 18.6. The monoisotopic (exact) mass is 483 g/mol. The number of thiophene rings is 1. The third-order valence-electron chi connectivity index (χ3n) is 5.53. The third-order valence-corrected chi connectivity index (χ3v) is 6.71. The molecule has 3 heterocycles. The first-order valence-corrected chi connectivity index (χ1v) is 11.7. The van der Waals surface area contributed by atoms with E-state index in [1.54, 1.807) is 30.6 Å². The molecule has 2 amide bonds. The zero-order valence-electron chi connectivity index (χ0n) is 18.7. The lowest BCUT2D eigenvalue weighted by Gasteiger charge is -2.08. The molecule has 0 saturated carbocycles. The van der Waals surface area contributed by atoms with Gasteiger partial charge >= 0.3 is 0 Å². The zero-order valence-corrected chi connectivity index (χ0v) is 19.5. The topological polar surface area (TPSA) is 116 Å². The van der Waals surface area contributed by atoms with Crippen molar-refractivity contribution in [2.75, 3.05) is 16.0 Å². The highest BCUT2D eigenvalue weighted by atomic mass is 32.1. The molecule has 8 nitrogen and oxygen atoms in total. The van der Waals surface area contributed by atoms with Crippen molar-refractivity contribution < 1.29 is 14.4 Å². The molecule has 5 rings (SSSR count). The fourth-order valence-corrected chi connectivity index (χ4v) is 4.56. The maximum absolute atomic E-state index is 12.5. The average Bonchev–Trinajstić information content (AvgIpc) is 3.59. The highest BCUT2D eigenvalue weighted by molar-refractivity contribution is 7.16. The van der Waals surface area contributed by atoms with Crippen LogP contribution in [0.3, 0.4) is 0 Å². The summed E-state index contributed by atoms with van der Waals surface area (Å²) < 4.78 is 0. The molecule has 35 heavy (non-hydrogen) atoms. The van der Waals surface area contributed by atoms with Gasteiger partial charge in [-0.25, -0.2) is 0 Å². The fourth-order valence-electron chi connectivity index (χ4n) is 3.76. The minimum Gasteiger partial charge on any atom is -0.344 e. The Bertz CT molecular complexity index is 1450. The Labute approximate surface area is 205 Å². The van der Waals surface area contributed by atoms with Crippen LogP contribution in [-0.4, -0.2) is 27.8 Å². The first-order chi connectivity index (χ1) is 17.0. The molecule has 2 aromatic carbocycles. The van der Waals surface area contributed by atoms with Crippen LogP contribution >= 0.6 is 11.3 Å². The van der Waals surface area contributed by atoms with Crippen LogP contribution in [0.2, 0.25) is 0 Å². The Balaban J connectivity index is 1.27. The molecule has 0 radical (unpaired) electrons. The average molecular weight is 484 g/mol. The molecule has 9 heteroatoms. The number of rotatable bonds is 7. The van der Waals surface area contributed by atoms with Crippen molar-refractivity contribution in [1.29, 1.82) is 0 Å². The van der Waals surface area contributed by atoms with E-state index in [0.29, 0.717) is 33.3 Å². The van der Waals surface area contributed by atoms with E-state index in [1.165, 1.54) is 18.3 Å². The standard InChI is InChI=1S/C26H21N5O3S/c1-15(32)22-8-9-23(35-22)26(34)29-18-5-2-16(3-6-18)12-17-4-7-21-19(13-17)20(25(33)30-21)14-27-24-10-11-28-31-24/h2-11,13-14H,12H2,1H3,(H,29,34)(H,30,33)(H2,27,28,31)/b20-14-. The highest BCUT2D eigenvalue weighted by Crippen LogP contribution is 2.33. The normalized spacial score (nSPS) is 13.4. The van der Waals surface area contributed by atoms with Crippen molar-refractivity contribution in [3.05, 3.63) is 99.5 Å². The molecule has 0 aliphatic carbocycles. The van der Waals surface area contributed by atoms with Gasteiger partial charge in [0.25, 0.3) is 11.8 Å². The molecular weight excluding hydrogens is 462 g/mol. The van der Waals surface area contributed by atoms with Gasteiger partial charge in [0.1, 0.15) is 0 Å². The molecule has 0 unspecified atom stereocenters. The van der Waals surface area contributed by atoms with Crippen LogP contribution in [0.4, 0.5) is 17.2 Å². The van der Waals surface area contributed by atoms with Crippen LogP contribution in [-0.2, 0) is 11.2 Å². The number of H-pyrrole nitrogens is 1. The van der Waals surface area contributed by atoms with Crippen molar-refractivity contribution in [3.63, 3.8) is 0 Å². The number of aromatic nitrogens is 2. The van der Waals surface area contributed by atoms with E-state index in [0.717, 1.165) is 22.4 Å². The molecule has 4 N–H and O–H groups in total. The minimum atomic E-state index is -0.242. The summed E-state index contributed by atoms with van der Waals surface area (Å²) in [6.45, 7) is 1.48. The van der Waals surface area contributed by atoms with E-state index in [4.69, 9.17) is 0 Å². The summed E-state index contributed by atoms with van der Waals surface area (Å²) >= 11 is 1.18. The minimum absolute atomic E-state index is 0.0540. The first-order valence-electron chi connectivity index (χ1n) is 10.9. The van der Waals surface area contributed by atoms with Crippen molar-refractivity contribution in [1.82, 2.24) is 10.2 Å². The molecule has 2 aromatic heterocycles. The van der Waals surface area contributed by atoms with Crippen LogP contribution < -0.4 is 16.0 Å². The van der Waals surface area contributed by atoms with Crippen LogP contribution in [0.1, 0.15) is 43.0 Å². The van der Waals surface area contributed by atoms with Gasteiger partial charge < -0.3 is 16.0 Å². The molecule has 0 saturated heterocycles. The van der Waals surface area contributed by atoms with Gasteiger partial charge in [0.15, 0.2) is 11.6 Å². The number of carbonyl (C=O) groups is 3. The van der Waals surface area contributed by atoms with Crippen molar-refractivity contribution >= 4 is 51.7 Å². The largest absolute Gasteiger partial charge is 0.344 e. The van der Waals surface area contributed by atoms with Crippen LogP contribution in [0.15, 0.2) is 73.1 Å². The number of Topliss-reactive ketones (excluding diaryl/α,β-unsaturated/α-hetero) is 1. The van der Waals surface area contributed by atoms with Gasteiger partial charge in [-0.15, -0.1) is 11.3 Å². The van der Waals surface area contributed by atoms with Crippen LogP contribution in [0.5, 0.6) is 0 Å². The van der Waals surface area contributed by atoms with Crippen LogP contribution in [0, 0.1) is 0 Å². The molecule has 0 spiro atoms. The van der Waals surface area contributed by atoms with E-state index in [2.05, 4.69) is 26.1 Å². The molecule has 174 valence electrons. The Hall–Kier alpha value is -4.50. The Morgan fingerprint density at radius 2 is 1.77 bits per heavy atom. The number of nitrogens with one attached hydrogen (secondary N) is 4. The maximum Gasteiger partial charge on any atom is 0.265 e. The lowest BCUT2D eigenvalue weighted by atomic mass is 9.99. The van der Waals surface area contributed by atoms with Gasteiger partial charge in [0.2, 0.25) is 0 Å². The number of amides is 2. The van der Waals surface area contributed by atoms with Gasteiger partial charge in [-0.2, -0.15) is 5.10 Å². The van der Waals surface area contributed by atoms with E-state index < -0.39 is 0 Å². The Kier molecular flexibility index (Phi) is 5.99. The quantitative estimate of drug-likeness (QED) is 0.220. The predicted octanol–water partition coefficient (Wildman–Crippen LogP) is 4.92. The number of carbonyl (C=O) groups excluding carboxylic acids is 3. The van der Waals surface area contributed by atoms with E-state index in [-0.39, 0.29) is 17.6 Å². The number of ketones is 1. The lowest BCUT2D eigenvalue weighted by Crippen LogP contribution is -2.10. The smallest absolute Gasteiger partial charge is 0.265 e. The van der Waals surface area contributed by atoms with E-state index >= 15 is 0 Å². The summed E-state index contributed by atoms with van der Waals surface area (Å²) in [6.07, 6.45) is 4.03. The number of hydrogen-bond acceptors (Lipinski definition) is 6. The second kappa shape index (κ2) is 9.40. The van der Waals surface area contributed by atoms with Gasteiger partial charge in [0, 0.05) is 35.4 Å². The molecule has 1 aliphatic rings. The summed E-state index contributed by atoms with van der Waals surface area (Å²) in [5.74, 6) is 0.164. The van der Waals surface area contributed by atoms with Gasteiger partial charge in [-0.3, -0.25) is 19.5 Å². The second-order valence-electron chi connectivity index (χ2n) is 8.04. The summed E-state index contributed by atoms with van der Waals surface area (Å²) in [5.41, 5.74) is 4.95. The highest BCUT2D eigenvalue weighted by Gasteiger charge is 2.24. The predicted molar refractivity (Wildman–Crippen MR) is 137 cm³/mol. The van der Waals surface area contributed by atoms with Crippen molar-refractivity contribution in [2.45, 2.75) is 13.3 Å². The van der Waals surface area contributed by atoms with Crippen molar-refractivity contribution in [2.24, 2.45) is 0 Å². The second-order valence-corrected chi connectivity index (χ2v) is 9.13. The maximum atomic E-state index is 12.5. The number of aromatic amines is 1. The van der Waals surface area contributed by atoms with Gasteiger partial charge in [-0.1, -0.05) is 18.2 Å². The number of benzene rings is 2. The Morgan fingerprint density at radius 1 is 1.00 bits per heavy atom. The molecule has 1 aliphatic heterocycles. The number of hydrogen-bond donors (Lipinski definition) is 4. The van der Waals surface area contributed by atoms with Crippen molar-refractivity contribution in [3.8, 4) is 0 Å². The zero-order chi connectivity index (χ0) is 24.4. The summed E-state index contributed by atoms with van der Waals surface area (Å²) in [4.78, 5) is 37.4. The summed E-state index contributed by atoms with van der Waals surface area (Å²) in [7, 11) is 0.